The lowest BCUT2D eigenvalue weighted by Gasteiger charge is -2.13. The lowest BCUT2D eigenvalue weighted by atomic mass is 10.1. The van der Waals surface area contributed by atoms with Crippen LogP contribution in [0.3, 0.4) is 0 Å². The minimum atomic E-state index is -0.463. The first-order valence-corrected chi connectivity index (χ1v) is 12.4. The molecule has 10 heteroatoms. The predicted octanol–water partition coefficient (Wildman–Crippen LogP) is 5.64. The van der Waals surface area contributed by atoms with Crippen molar-refractivity contribution in [2.24, 2.45) is 0 Å². The molecule has 1 fully saturated rings. The van der Waals surface area contributed by atoms with Gasteiger partial charge in [0.2, 0.25) is 5.88 Å². The number of methoxy groups -OCH3 is 1. The van der Waals surface area contributed by atoms with Crippen molar-refractivity contribution in [3.63, 3.8) is 0 Å². The number of imide groups is 1. The van der Waals surface area contributed by atoms with Gasteiger partial charge in [-0.3, -0.25) is 14.9 Å². The summed E-state index contributed by atoms with van der Waals surface area (Å²) in [5, 5.41) is 12.3. The second-order valence-corrected chi connectivity index (χ2v) is 9.29. The van der Waals surface area contributed by atoms with Crippen LogP contribution in [-0.2, 0) is 4.79 Å². The lowest BCUT2D eigenvalue weighted by molar-refractivity contribution is -0.115. The largest absolute Gasteiger partial charge is 0.497 e. The highest BCUT2D eigenvalue weighted by Crippen LogP contribution is 2.36. The number of hydrogen-bond donors (Lipinski definition) is 1. The van der Waals surface area contributed by atoms with Gasteiger partial charge in [-0.25, -0.2) is 4.98 Å². The second kappa shape index (κ2) is 11.1. The van der Waals surface area contributed by atoms with Gasteiger partial charge in [-0.15, -0.1) is 0 Å². The highest BCUT2D eigenvalue weighted by molar-refractivity contribution is 8.18. The topological polar surface area (TPSA) is 114 Å². The predicted molar refractivity (Wildman–Crippen MR) is 135 cm³/mol. The standard InChI is InChI=1S/C25H20N4O4S2/c1-3-12-34-24-27-21(15-8-10-17(32-2)11-9-15)18(14-26)23(29-24)33-19-7-5-4-6-16(19)13-20-22(30)28-25(31)35-20/h4-11,13H,3,12H2,1-2H3,(H,28,30,31)/b20-13+. The molecular weight excluding hydrogens is 484 g/mol. The van der Waals surface area contributed by atoms with E-state index in [4.69, 9.17) is 9.47 Å². The molecule has 4 rings (SSSR count). The van der Waals surface area contributed by atoms with Crippen LogP contribution in [0.2, 0.25) is 0 Å². The van der Waals surface area contributed by atoms with Gasteiger partial charge in [0.25, 0.3) is 11.1 Å². The minimum Gasteiger partial charge on any atom is -0.497 e. The van der Waals surface area contributed by atoms with Crippen LogP contribution in [0.15, 0.2) is 58.6 Å². The maximum Gasteiger partial charge on any atom is 0.290 e. The van der Waals surface area contributed by atoms with E-state index in [0.717, 1.165) is 29.5 Å². The third-order valence-electron chi connectivity index (χ3n) is 4.82. The molecule has 1 aliphatic rings. The number of nitrogens with zero attached hydrogens (tertiary/aromatic N) is 3. The molecule has 0 radical (unpaired) electrons. The first-order chi connectivity index (χ1) is 17.0. The summed E-state index contributed by atoms with van der Waals surface area (Å²) in [5.74, 6) is 1.52. The lowest BCUT2D eigenvalue weighted by Crippen LogP contribution is -2.17. The van der Waals surface area contributed by atoms with Gasteiger partial charge in [0.05, 0.1) is 17.7 Å². The third-order valence-corrected chi connectivity index (χ3v) is 6.68. The number of thioether (sulfide) groups is 2. The van der Waals surface area contributed by atoms with E-state index in [1.807, 2.05) is 12.1 Å². The summed E-state index contributed by atoms with van der Waals surface area (Å²) < 4.78 is 11.4. The van der Waals surface area contributed by atoms with Gasteiger partial charge in [-0.05, 0) is 54.6 Å². The van der Waals surface area contributed by atoms with Crippen molar-refractivity contribution in [1.29, 1.82) is 5.26 Å². The molecule has 0 spiro atoms. The zero-order valence-electron chi connectivity index (χ0n) is 18.9. The summed E-state index contributed by atoms with van der Waals surface area (Å²) in [6.07, 6.45) is 2.50. The van der Waals surface area contributed by atoms with Crippen molar-refractivity contribution < 1.29 is 19.1 Å². The van der Waals surface area contributed by atoms with Crippen LogP contribution < -0.4 is 14.8 Å². The second-order valence-electron chi connectivity index (χ2n) is 7.22. The Balaban J connectivity index is 1.79. The number of aromatic nitrogens is 2. The Bertz CT molecular complexity index is 1350. The average Bonchev–Trinajstić information content (AvgIpc) is 3.19. The number of para-hydroxylation sites is 1. The number of nitriles is 1. The van der Waals surface area contributed by atoms with Crippen LogP contribution in [0.5, 0.6) is 17.4 Å². The normalized spacial score (nSPS) is 14.0. The van der Waals surface area contributed by atoms with E-state index >= 15 is 0 Å². The third kappa shape index (κ3) is 5.65. The Morgan fingerprint density at radius 3 is 2.57 bits per heavy atom. The summed E-state index contributed by atoms with van der Waals surface area (Å²) in [7, 11) is 1.59. The first-order valence-electron chi connectivity index (χ1n) is 10.6. The Labute approximate surface area is 210 Å². The Hall–Kier alpha value is -3.81. The van der Waals surface area contributed by atoms with E-state index < -0.39 is 11.1 Å². The molecular formula is C25H20N4O4S2. The molecule has 0 bridgehead atoms. The zero-order chi connectivity index (χ0) is 24.8. The highest BCUT2D eigenvalue weighted by atomic mass is 32.2. The number of benzene rings is 2. The molecule has 176 valence electrons. The molecule has 2 aromatic carbocycles. The number of hydrogen-bond acceptors (Lipinski definition) is 9. The molecule has 1 aromatic heterocycles. The molecule has 1 saturated heterocycles. The fourth-order valence-corrected chi connectivity index (χ4v) is 4.53. The number of ether oxygens (including phenoxy) is 2. The molecule has 0 unspecified atom stereocenters. The van der Waals surface area contributed by atoms with Crippen molar-refractivity contribution in [2.45, 2.75) is 18.5 Å². The Morgan fingerprint density at radius 1 is 1.14 bits per heavy atom. The molecule has 8 nitrogen and oxygen atoms in total. The maximum absolute atomic E-state index is 12.0. The fraction of sp³-hybridized carbons (Fsp3) is 0.160. The molecule has 1 N–H and O–H groups in total. The number of carbonyl (C=O) groups excluding carboxylic acids is 2. The average molecular weight is 505 g/mol. The van der Waals surface area contributed by atoms with Crippen LogP contribution >= 0.6 is 23.5 Å². The SMILES string of the molecule is CCCSc1nc(Oc2ccccc2/C=C2/SC(=O)NC2=O)c(C#N)c(-c2ccc(OC)cc2)n1. The fourth-order valence-electron chi connectivity index (χ4n) is 3.17. The first kappa shape index (κ1) is 24.3. The van der Waals surface area contributed by atoms with Crippen LogP contribution in [0.25, 0.3) is 17.3 Å². The molecule has 0 atom stereocenters. The van der Waals surface area contributed by atoms with E-state index in [2.05, 4.69) is 28.3 Å². The van der Waals surface area contributed by atoms with Crippen molar-refractivity contribution in [2.75, 3.05) is 12.9 Å². The van der Waals surface area contributed by atoms with Crippen LogP contribution in [0.1, 0.15) is 24.5 Å². The van der Waals surface area contributed by atoms with Crippen molar-refractivity contribution >= 4 is 40.7 Å². The van der Waals surface area contributed by atoms with Crippen LogP contribution in [0.4, 0.5) is 4.79 Å². The summed E-state index contributed by atoms with van der Waals surface area (Å²) in [5.41, 5.74) is 1.92. The van der Waals surface area contributed by atoms with Gasteiger partial charge in [0, 0.05) is 16.9 Å². The van der Waals surface area contributed by atoms with E-state index in [0.29, 0.717) is 27.9 Å². The van der Waals surface area contributed by atoms with E-state index in [1.165, 1.54) is 11.8 Å². The van der Waals surface area contributed by atoms with E-state index in [1.54, 1.807) is 49.6 Å². The number of rotatable bonds is 8. The molecule has 1 aliphatic heterocycles. The van der Waals surface area contributed by atoms with E-state index in [-0.39, 0.29) is 16.3 Å². The maximum atomic E-state index is 12.0. The van der Waals surface area contributed by atoms with Gasteiger partial charge in [-0.2, -0.15) is 10.2 Å². The molecule has 0 aliphatic carbocycles. The van der Waals surface area contributed by atoms with Gasteiger partial charge in [-0.1, -0.05) is 36.9 Å². The van der Waals surface area contributed by atoms with Crippen LogP contribution in [0, 0.1) is 11.3 Å². The number of nitrogens with one attached hydrogen (secondary N) is 1. The molecule has 35 heavy (non-hydrogen) atoms. The van der Waals surface area contributed by atoms with Crippen LogP contribution in [-0.4, -0.2) is 34.0 Å². The van der Waals surface area contributed by atoms with Crippen molar-refractivity contribution in [3.8, 4) is 34.7 Å². The van der Waals surface area contributed by atoms with Gasteiger partial charge < -0.3 is 9.47 Å². The monoisotopic (exact) mass is 504 g/mol. The van der Waals surface area contributed by atoms with Crippen molar-refractivity contribution in [3.05, 3.63) is 64.6 Å². The summed E-state index contributed by atoms with van der Waals surface area (Å²) in [6.45, 7) is 2.06. The molecule has 0 saturated carbocycles. The van der Waals surface area contributed by atoms with E-state index in [9.17, 15) is 14.9 Å². The summed E-state index contributed by atoms with van der Waals surface area (Å²) in [6, 6.07) is 16.4. The quantitative estimate of drug-likeness (QED) is 0.236. The summed E-state index contributed by atoms with van der Waals surface area (Å²) >= 11 is 2.29. The van der Waals surface area contributed by atoms with Gasteiger partial charge >= 0.3 is 0 Å². The van der Waals surface area contributed by atoms with Crippen molar-refractivity contribution in [1.82, 2.24) is 15.3 Å². The Morgan fingerprint density at radius 2 is 1.91 bits per heavy atom. The smallest absolute Gasteiger partial charge is 0.290 e. The molecule has 2 amide bonds. The highest BCUT2D eigenvalue weighted by Gasteiger charge is 2.26. The molecule has 3 aromatic rings. The van der Waals surface area contributed by atoms with Gasteiger partial charge in [0.15, 0.2) is 5.16 Å². The summed E-state index contributed by atoms with van der Waals surface area (Å²) in [4.78, 5) is 33.0. The Kier molecular flexibility index (Phi) is 7.70. The molecule has 2 heterocycles. The van der Waals surface area contributed by atoms with Gasteiger partial charge in [0.1, 0.15) is 23.1 Å². The number of carbonyl (C=O) groups is 2. The minimum absolute atomic E-state index is 0.109. The number of amides is 2. The zero-order valence-corrected chi connectivity index (χ0v) is 20.5.